The van der Waals surface area contributed by atoms with Gasteiger partial charge in [0.2, 0.25) is 5.91 Å². The van der Waals surface area contributed by atoms with Crippen LogP contribution in [0.5, 0.6) is 0 Å². The van der Waals surface area contributed by atoms with E-state index in [1.54, 1.807) is 50.4 Å². The average Bonchev–Trinajstić information content (AvgIpc) is 2.53. The van der Waals surface area contributed by atoms with E-state index in [2.05, 4.69) is 0 Å². The normalized spacial score (nSPS) is 12.1. The van der Waals surface area contributed by atoms with Crippen molar-refractivity contribution in [2.45, 2.75) is 6.04 Å². The number of halogens is 1. The Balaban J connectivity index is 3.18. The molecule has 128 valence electrons. The summed E-state index contributed by atoms with van der Waals surface area (Å²) in [6, 6.07) is 6.26. The van der Waals surface area contributed by atoms with Crippen molar-refractivity contribution in [2.75, 3.05) is 48.0 Å². The lowest BCUT2D eigenvalue weighted by molar-refractivity contribution is -0.148. The van der Waals surface area contributed by atoms with Crippen molar-refractivity contribution in [3.63, 3.8) is 0 Å². The highest BCUT2D eigenvalue weighted by Gasteiger charge is 2.31. The van der Waals surface area contributed by atoms with Crippen molar-refractivity contribution in [1.29, 1.82) is 0 Å². The molecular weight excluding hydrogens is 320 g/mol. The van der Waals surface area contributed by atoms with E-state index in [1.807, 2.05) is 0 Å². The number of carbonyl (C=O) groups excluding carboxylic acids is 2. The molecular formula is C16H23ClN2O4. The monoisotopic (exact) mass is 342 g/mol. The number of amides is 1. The fraction of sp³-hybridized carbons (Fsp3) is 0.500. The predicted octanol–water partition coefficient (Wildman–Crippen LogP) is 1.59. The van der Waals surface area contributed by atoms with E-state index in [0.717, 1.165) is 0 Å². The molecule has 0 saturated heterocycles. The molecule has 6 nitrogen and oxygen atoms in total. The number of methoxy groups -OCH3 is 2. The highest BCUT2D eigenvalue weighted by molar-refractivity contribution is 6.31. The minimum Gasteiger partial charge on any atom is -0.468 e. The zero-order chi connectivity index (χ0) is 17.4. The Kier molecular flexibility index (Phi) is 8.02. The molecule has 1 atom stereocenters. The Labute approximate surface area is 141 Å². The SMILES string of the molecule is COCCN(CC(=O)N(C)C)C(C(=O)OC)c1ccccc1Cl. The number of likely N-dealkylation sites (N-methyl/N-ethyl adjacent to an activating group) is 1. The lowest BCUT2D eigenvalue weighted by Gasteiger charge is -2.30. The van der Waals surface area contributed by atoms with Crippen LogP contribution in [0.3, 0.4) is 0 Å². The quantitative estimate of drug-likeness (QED) is 0.671. The van der Waals surface area contributed by atoms with Gasteiger partial charge in [0.1, 0.15) is 6.04 Å². The van der Waals surface area contributed by atoms with Gasteiger partial charge in [-0.25, -0.2) is 4.79 Å². The second kappa shape index (κ2) is 9.50. The Bertz CT molecular complexity index is 537. The molecule has 0 heterocycles. The molecule has 1 unspecified atom stereocenters. The molecule has 1 aromatic carbocycles. The van der Waals surface area contributed by atoms with Gasteiger partial charge in [-0.05, 0) is 11.6 Å². The van der Waals surface area contributed by atoms with E-state index in [0.29, 0.717) is 23.7 Å². The molecule has 0 saturated carbocycles. The second-order valence-corrected chi connectivity index (χ2v) is 5.61. The van der Waals surface area contributed by atoms with Crippen LogP contribution in [0.4, 0.5) is 0 Å². The molecule has 0 spiro atoms. The van der Waals surface area contributed by atoms with Crippen LogP contribution in [0.25, 0.3) is 0 Å². The fourth-order valence-corrected chi connectivity index (χ4v) is 2.34. The highest BCUT2D eigenvalue weighted by atomic mass is 35.5. The number of hydrogen-bond donors (Lipinski definition) is 0. The Hall–Kier alpha value is -1.63. The molecule has 0 radical (unpaired) electrons. The maximum atomic E-state index is 12.3. The number of benzene rings is 1. The Morgan fingerprint density at radius 2 is 1.87 bits per heavy atom. The number of nitrogens with zero attached hydrogens (tertiary/aromatic N) is 2. The highest BCUT2D eigenvalue weighted by Crippen LogP contribution is 2.28. The number of esters is 1. The van der Waals surface area contributed by atoms with Gasteiger partial charge in [-0.3, -0.25) is 9.69 Å². The van der Waals surface area contributed by atoms with E-state index in [4.69, 9.17) is 21.1 Å². The van der Waals surface area contributed by atoms with Gasteiger partial charge >= 0.3 is 5.97 Å². The number of carbonyl (C=O) groups is 2. The van der Waals surface area contributed by atoms with Gasteiger partial charge in [0.25, 0.3) is 0 Å². The van der Waals surface area contributed by atoms with E-state index < -0.39 is 12.0 Å². The number of ether oxygens (including phenoxy) is 2. The standard InChI is InChI=1S/C16H23ClN2O4/c1-18(2)14(20)11-19(9-10-22-3)15(16(21)23-4)12-7-5-6-8-13(12)17/h5-8,15H,9-11H2,1-4H3. The van der Waals surface area contributed by atoms with Crippen molar-refractivity contribution in [2.24, 2.45) is 0 Å². The first kappa shape index (κ1) is 19.4. The lowest BCUT2D eigenvalue weighted by atomic mass is 10.0. The van der Waals surface area contributed by atoms with Crippen LogP contribution in [0.1, 0.15) is 11.6 Å². The summed E-state index contributed by atoms with van der Waals surface area (Å²) in [5.41, 5.74) is 0.601. The summed E-state index contributed by atoms with van der Waals surface area (Å²) in [5, 5.41) is 0.447. The summed E-state index contributed by atoms with van der Waals surface area (Å²) in [4.78, 5) is 27.6. The average molecular weight is 343 g/mol. The summed E-state index contributed by atoms with van der Waals surface area (Å²) in [6.45, 7) is 0.821. The number of rotatable bonds is 8. The first-order chi connectivity index (χ1) is 10.9. The third-order valence-corrected chi connectivity index (χ3v) is 3.75. The van der Waals surface area contributed by atoms with Gasteiger partial charge in [0.05, 0.1) is 20.3 Å². The van der Waals surface area contributed by atoms with Crippen LogP contribution in [0.15, 0.2) is 24.3 Å². The van der Waals surface area contributed by atoms with Crippen molar-refractivity contribution in [3.8, 4) is 0 Å². The molecule has 0 bridgehead atoms. The molecule has 1 amide bonds. The Morgan fingerprint density at radius 3 is 2.39 bits per heavy atom. The molecule has 0 aliphatic carbocycles. The molecule has 0 aliphatic heterocycles. The van der Waals surface area contributed by atoms with E-state index in [9.17, 15) is 9.59 Å². The summed E-state index contributed by atoms with van der Waals surface area (Å²) in [5.74, 6) is -0.595. The molecule has 1 aromatic rings. The van der Waals surface area contributed by atoms with Crippen LogP contribution in [-0.2, 0) is 19.1 Å². The molecule has 0 N–H and O–H groups in total. The summed E-state index contributed by atoms with van der Waals surface area (Å²) >= 11 is 6.24. The third kappa shape index (κ3) is 5.49. The van der Waals surface area contributed by atoms with Crippen LogP contribution in [0.2, 0.25) is 5.02 Å². The molecule has 0 aromatic heterocycles. The summed E-state index contributed by atoms with van der Waals surface area (Å²) in [6.07, 6.45) is 0. The summed E-state index contributed by atoms with van der Waals surface area (Å²) in [7, 11) is 6.21. The Morgan fingerprint density at radius 1 is 1.22 bits per heavy atom. The van der Waals surface area contributed by atoms with E-state index in [1.165, 1.54) is 12.0 Å². The lowest BCUT2D eigenvalue weighted by Crippen LogP contribution is -2.43. The van der Waals surface area contributed by atoms with Crippen molar-refractivity contribution in [1.82, 2.24) is 9.80 Å². The maximum Gasteiger partial charge on any atom is 0.327 e. The van der Waals surface area contributed by atoms with Gasteiger partial charge in [0, 0.05) is 32.8 Å². The van der Waals surface area contributed by atoms with Crippen molar-refractivity contribution < 1.29 is 19.1 Å². The minimum atomic E-state index is -0.771. The first-order valence-electron chi connectivity index (χ1n) is 7.17. The van der Waals surface area contributed by atoms with Crippen LogP contribution >= 0.6 is 11.6 Å². The zero-order valence-electron chi connectivity index (χ0n) is 13.9. The molecule has 1 rings (SSSR count). The van der Waals surface area contributed by atoms with Gasteiger partial charge in [-0.1, -0.05) is 29.8 Å². The van der Waals surface area contributed by atoms with Crippen LogP contribution in [0, 0.1) is 0 Å². The minimum absolute atomic E-state index is 0.0569. The zero-order valence-corrected chi connectivity index (χ0v) is 14.7. The third-order valence-electron chi connectivity index (χ3n) is 3.41. The number of hydrogen-bond acceptors (Lipinski definition) is 5. The topological polar surface area (TPSA) is 59.1 Å². The van der Waals surface area contributed by atoms with Crippen molar-refractivity contribution >= 4 is 23.5 Å². The smallest absolute Gasteiger partial charge is 0.327 e. The first-order valence-corrected chi connectivity index (χ1v) is 7.55. The molecule has 23 heavy (non-hydrogen) atoms. The van der Waals surface area contributed by atoms with Crippen LogP contribution in [-0.4, -0.2) is 69.7 Å². The van der Waals surface area contributed by atoms with Gasteiger partial charge in [-0.2, -0.15) is 0 Å². The maximum absolute atomic E-state index is 12.3. The largest absolute Gasteiger partial charge is 0.468 e. The second-order valence-electron chi connectivity index (χ2n) is 5.20. The van der Waals surface area contributed by atoms with Gasteiger partial charge in [-0.15, -0.1) is 0 Å². The fourth-order valence-electron chi connectivity index (χ4n) is 2.10. The summed E-state index contributed by atoms with van der Waals surface area (Å²) < 4.78 is 10.0. The van der Waals surface area contributed by atoms with E-state index in [-0.39, 0.29) is 12.5 Å². The molecule has 0 fully saturated rings. The van der Waals surface area contributed by atoms with Gasteiger partial charge < -0.3 is 14.4 Å². The predicted molar refractivity (Wildman–Crippen MR) is 88.4 cm³/mol. The van der Waals surface area contributed by atoms with Gasteiger partial charge in [0.15, 0.2) is 0 Å². The van der Waals surface area contributed by atoms with Crippen LogP contribution < -0.4 is 0 Å². The van der Waals surface area contributed by atoms with E-state index >= 15 is 0 Å². The van der Waals surface area contributed by atoms with Crippen molar-refractivity contribution in [3.05, 3.63) is 34.9 Å². The molecule has 7 heteroatoms. The molecule has 0 aliphatic rings.